The van der Waals surface area contributed by atoms with Crippen LogP contribution in [0.1, 0.15) is 0 Å². The molecular formula is C10H22O2Si3. The molecule has 0 rings (SSSR count). The average Bonchev–Trinajstić information content (AvgIpc) is 2.12. The molecule has 0 fully saturated rings. The maximum absolute atomic E-state index is 6.12. The van der Waals surface area contributed by atoms with Gasteiger partial charge >= 0.3 is 8.56 Å². The minimum Gasteiger partial charge on any atom is -0.440 e. The summed E-state index contributed by atoms with van der Waals surface area (Å²) in [5.41, 5.74) is 5.52. The van der Waals surface area contributed by atoms with Crippen LogP contribution >= 0.6 is 0 Å². The highest BCUT2D eigenvalue weighted by molar-refractivity contribution is 6.94. The standard InChI is InChI=1S/C10H22O2Si3/c1-8-15(9-2,10-3)12-14(6,7)11-13(4)5/h8-10,13H,1-3H2,4-7H3. The Morgan fingerprint density at radius 1 is 1.00 bits per heavy atom. The van der Waals surface area contributed by atoms with Crippen LogP contribution < -0.4 is 0 Å². The van der Waals surface area contributed by atoms with Gasteiger partial charge in [0.05, 0.1) is 0 Å². The molecule has 0 aliphatic rings. The highest BCUT2D eigenvalue weighted by Crippen LogP contribution is 2.19. The first-order chi connectivity index (χ1) is 6.81. The molecule has 0 saturated carbocycles. The van der Waals surface area contributed by atoms with Crippen molar-refractivity contribution < 1.29 is 8.23 Å². The summed E-state index contributed by atoms with van der Waals surface area (Å²) in [7, 11) is -5.29. The van der Waals surface area contributed by atoms with E-state index in [0.717, 1.165) is 0 Å². The Hall–Kier alpha value is -0.209. The van der Waals surface area contributed by atoms with Crippen LogP contribution in [0.25, 0.3) is 0 Å². The zero-order valence-electron chi connectivity index (χ0n) is 10.2. The monoisotopic (exact) mass is 258 g/mol. The lowest BCUT2D eigenvalue weighted by Gasteiger charge is -2.33. The maximum atomic E-state index is 6.12. The van der Waals surface area contributed by atoms with Crippen molar-refractivity contribution in [3.8, 4) is 0 Å². The fourth-order valence-electron chi connectivity index (χ4n) is 1.39. The fourth-order valence-corrected chi connectivity index (χ4v) is 11.5. The van der Waals surface area contributed by atoms with Gasteiger partial charge in [-0.15, -0.1) is 19.7 Å². The van der Waals surface area contributed by atoms with Crippen molar-refractivity contribution >= 4 is 25.9 Å². The summed E-state index contributed by atoms with van der Waals surface area (Å²) in [6, 6.07) is 0. The van der Waals surface area contributed by atoms with E-state index in [1.165, 1.54) is 0 Å². The second kappa shape index (κ2) is 5.76. The molecule has 0 radical (unpaired) electrons. The summed E-state index contributed by atoms with van der Waals surface area (Å²) in [5, 5.41) is 0. The van der Waals surface area contributed by atoms with E-state index in [1.54, 1.807) is 0 Å². The normalized spacial score (nSPS) is 12.6. The molecule has 0 saturated heterocycles. The molecule has 86 valence electrons. The van der Waals surface area contributed by atoms with Crippen molar-refractivity contribution in [1.82, 2.24) is 0 Å². The van der Waals surface area contributed by atoms with Crippen molar-refractivity contribution in [2.24, 2.45) is 0 Å². The second-order valence-electron chi connectivity index (χ2n) is 4.13. The lowest BCUT2D eigenvalue weighted by atomic mass is 11.2. The average molecular weight is 259 g/mol. The van der Waals surface area contributed by atoms with Crippen LogP contribution in [0.4, 0.5) is 0 Å². The van der Waals surface area contributed by atoms with Gasteiger partial charge in [0.1, 0.15) is 0 Å². The molecule has 0 aromatic carbocycles. The third-order valence-corrected chi connectivity index (χ3v) is 11.4. The Bertz CT molecular complexity index is 227. The zero-order valence-corrected chi connectivity index (χ0v) is 13.4. The largest absolute Gasteiger partial charge is 0.440 e. The van der Waals surface area contributed by atoms with Gasteiger partial charge in [0.2, 0.25) is 0 Å². The molecule has 0 unspecified atom stereocenters. The van der Waals surface area contributed by atoms with Crippen molar-refractivity contribution in [3.05, 3.63) is 36.8 Å². The van der Waals surface area contributed by atoms with Gasteiger partial charge in [-0.3, -0.25) is 0 Å². The van der Waals surface area contributed by atoms with Gasteiger partial charge in [0.25, 0.3) is 8.32 Å². The van der Waals surface area contributed by atoms with Gasteiger partial charge < -0.3 is 8.23 Å². The quantitative estimate of drug-likeness (QED) is 0.654. The summed E-state index contributed by atoms with van der Waals surface area (Å²) in [5.74, 6) is 0. The van der Waals surface area contributed by atoms with Crippen LogP contribution in [0.15, 0.2) is 36.8 Å². The molecule has 5 heteroatoms. The SMILES string of the molecule is C=C[Si](C=C)(C=C)O[Si](C)(C)O[SiH](C)C. The van der Waals surface area contributed by atoms with Gasteiger partial charge in [0, 0.05) is 0 Å². The van der Waals surface area contributed by atoms with Gasteiger partial charge in [0.15, 0.2) is 9.04 Å². The van der Waals surface area contributed by atoms with Crippen LogP contribution in [-0.2, 0) is 8.23 Å². The zero-order chi connectivity index (χ0) is 12.1. The molecule has 15 heavy (non-hydrogen) atoms. The predicted octanol–water partition coefficient (Wildman–Crippen LogP) is 2.83. The molecule has 0 N–H and O–H groups in total. The molecule has 0 aromatic rings. The number of hydrogen-bond acceptors (Lipinski definition) is 2. The first-order valence-electron chi connectivity index (χ1n) is 5.09. The Kier molecular flexibility index (Phi) is 5.68. The lowest BCUT2D eigenvalue weighted by molar-refractivity contribution is 0.412. The number of hydrogen-bond donors (Lipinski definition) is 0. The summed E-state index contributed by atoms with van der Waals surface area (Å²) in [6.45, 7) is 19.9. The molecule has 0 spiro atoms. The van der Waals surface area contributed by atoms with E-state index in [0.29, 0.717) is 0 Å². The van der Waals surface area contributed by atoms with E-state index >= 15 is 0 Å². The molecule has 0 aromatic heterocycles. The van der Waals surface area contributed by atoms with E-state index in [4.69, 9.17) is 8.23 Å². The molecule has 0 atom stereocenters. The van der Waals surface area contributed by atoms with Gasteiger partial charge in [-0.2, -0.15) is 0 Å². The highest BCUT2D eigenvalue weighted by atomic mass is 28.5. The predicted molar refractivity (Wildman–Crippen MR) is 74.9 cm³/mol. The van der Waals surface area contributed by atoms with Crippen molar-refractivity contribution in [2.45, 2.75) is 26.2 Å². The smallest absolute Gasteiger partial charge is 0.311 e. The maximum Gasteiger partial charge on any atom is 0.311 e. The van der Waals surface area contributed by atoms with Crippen molar-refractivity contribution in [3.63, 3.8) is 0 Å². The molecule has 0 heterocycles. The lowest BCUT2D eigenvalue weighted by Crippen LogP contribution is -2.49. The van der Waals surface area contributed by atoms with Crippen LogP contribution in [-0.4, -0.2) is 25.9 Å². The first kappa shape index (κ1) is 14.8. The van der Waals surface area contributed by atoms with Gasteiger partial charge in [-0.05, 0) is 26.2 Å². The van der Waals surface area contributed by atoms with Crippen LogP contribution in [0.2, 0.25) is 26.2 Å². The Morgan fingerprint density at radius 3 is 1.67 bits per heavy atom. The minimum absolute atomic E-state index is 1.06. The van der Waals surface area contributed by atoms with E-state index in [9.17, 15) is 0 Å². The third kappa shape index (κ3) is 4.89. The first-order valence-corrected chi connectivity index (χ1v) is 12.8. The highest BCUT2D eigenvalue weighted by Gasteiger charge is 2.36. The third-order valence-electron chi connectivity index (χ3n) is 1.90. The Labute approximate surface area is 97.4 Å². The van der Waals surface area contributed by atoms with Crippen molar-refractivity contribution in [2.75, 3.05) is 0 Å². The second-order valence-corrected chi connectivity index (χ2v) is 13.7. The van der Waals surface area contributed by atoms with Gasteiger partial charge in [-0.1, -0.05) is 17.1 Å². The van der Waals surface area contributed by atoms with Crippen LogP contribution in [0, 0.1) is 0 Å². The molecular weight excluding hydrogens is 236 g/mol. The summed E-state index contributed by atoms with van der Waals surface area (Å²) in [6.07, 6.45) is 0. The van der Waals surface area contributed by atoms with Gasteiger partial charge in [-0.25, -0.2) is 0 Å². The van der Waals surface area contributed by atoms with Crippen LogP contribution in [0.3, 0.4) is 0 Å². The van der Waals surface area contributed by atoms with E-state index in [-0.39, 0.29) is 0 Å². The van der Waals surface area contributed by atoms with E-state index in [2.05, 4.69) is 45.9 Å². The molecule has 0 amide bonds. The minimum atomic E-state index is -2.17. The van der Waals surface area contributed by atoms with Crippen LogP contribution in [0.5, 0.6) is 0 Å². The Morgan fingerprint density at radius 2 is 1.40 bits per heavy atom. The molecule has 2 nitrogen and oxygen atoms in total. The topological polar surface area (TPSA) is 18.5 Å². The van der Waals surface area contributed by atoms with E-state index < -0.39 is 25.9 Å². The molecule has 0 aliphatic carbocycles. The van der Waals surface area contributed by atoms with E-state index in [1.807, 2.05) is 17.1 Å². The fraction of sp³-hybridized carbons (Fsp3) is 0.400. The molecule has 0 bridgehead atoms. The van der Waals surface area contributed by atoms with Crippen molar-refractivity contribution in [1.29, 1.82) is 0 Å². The summed E-state index contributed by atoms with van der Waals surface area (Å²) >= 11 is 0. The Balaban J connectivity index is 4.72. The number of rotatable bonds is 7. The summed E-state index contributed by atoms with van der Waals surface area (Å²) < 4.78 is 12.1. The summed E-state index contributed by atoms with van der Waals surface area (Å²) in [4.78, 5) is 0. The molecule has 0 aliphatic heterocycles.